The van der Waals surface area contributed by atoms with E-state index >= 15 is 0 Å². The van der Waals surface area contributed by atoms with E-state index in [1.807, 2.05) is 13.8 Å². The van der Waals surface area contributed by atoms with Gasteiger partial charge in [-0.2, -0.15) is 0 Å². The maximum atomic E-state index is 11.4. The number of rotatable bonds is 10. The summed E-state index contributed by atoms with van der Waals surface area (Å²) >= 11 is 0. The minimum Gasteiger partial charge on any atom is -0.469 e. The van der Waals surface area contributed by atoms with Crippen LogP contribution in [-0.4, -0.2) is 40.0 Å². The van der Waals surface area contributed by atoms with E-state index in [-0.39, 0.29) is 5.97 Å². The van der Waals surface area contributed by atoms with Crippen molar-refractivity contribution in [1.82, 2.24) is 0 Å². The molecule has 0 aromatic heterocycles. The molecule has 0 aromatic carbocycles. The van der Waals surface area contributed by atoms with Crippen LogP contribution in [0, 0.1) is 5.41 Å². The van der Waals surface area contributed by atoms with Crippen LogP contribution in [0.3, 0.4) is 0 Å². The van der Waals surface area contributed by atoms with Gasteiger partial charge in [-0.3, -0.25) is 4.79 Å². The first kappa shape index (κ1) is 16.4. The molecule has 0 N–H and O–H groups in total. The highest BCUT2D eigenvalue weighted by Gasteiger charge is 2.28. The third kappa shape index (κ3) is 8.16. The van der Waals surface area contributed by atoms with Gasteiger partial charge in [0.25, 0.3) is 0 Å². The van der Waals surface area contributed by atoms with E-state index in [1.165, 1.54) is 7.11 Å². The number of hydrogen-bond acceptors (Lipinski definition) is 4. The van der Waals surface area contributed by atoms with Gasteiger partial charge in [-0.25, -0.2) is 0 Å². The molecule has 0 aliphatic rings. The predicted molar refractivity (Wildman–Crippen MR) is 67.0 cm³/mol. The molecule has 0 saturated heterocycles. The number of unbranched alkanes of at least 4 members (excludes halogenated alkanes) is 3. The molecule has 102 valence electrons. The Morgan fingerprint density at radius 1 is 1.00 bits per heavy atom. The summed E-state index contributed by atoms with van der Waals surface area (Å²) in [7, 11) is 3.12. The van der Waals surface area contributed by atoms with Crippen molar-refractivity contribution in [2.45, 2.75) is 39.5 Å². The van der Waals surface area contributed by atoms with E-state index in [4.69, 9.17) is 14.2 Å². The Morgan fingerprint density at radius 2 is 1.59 bits per heavy atom. The van der Waals surface area contributed by atoms with Crippen molar-refractivity contribution < 1.29 is 19.0 Å². The summed E-state index contributed by atoms with van der Waals surface area (Å²) in [6, 6.07) is 0. The van der Waals surface area contributed by atoms with Gasteiger partial charge in [-0.05, 0) is 26.7 Å². The van der Waals surface area contributed by atoms with Crippen molar-refractivity contribution in [2.75, 3.05) is 34.0 Å². The number of methoxy groups -OCH3 is 2. The smallest absolute Gasteiger partial charge is 0.313 e. The third-order valence-electron chi connectivity index (χ3n) is 2.59. The Morgan fingerprint density at radius 3 is 2.12 bits per heavy atom. The second-order valence-electron chi connectivity index (χ2n) is 4.84. The van der Waals surface area contributed by atoms with E-state index in [2.05, 4.69) is 0 Å². The van der Waals surface area contributed by atoms with E-state index in [0.717, 1.165) is 32.3 Å². The number of carbonyl (C=O) groups is 1. The van der Waals surface area contributed by atoms with Crippen molar-refractivity contribution in [3.05, 3.63) is 0 Å². The zero-order valence-electron chi connectivity index (χ0n) is 11.6. The van der Waals surface area contributed by atoms with Crippen LogP contribution >= 0.6 is 0 Å². The summed E-state index contributed by atoms with van der Waals surface area (Å²) in [5, 5.41) is 0. The molecule has 4 heteroatoms. The van der Waals surface area contributed by atoms with Gasteiger partial charge in [-0.1, -0.05) is 12.8 Å². The molecule has 0 saturated carbocycles. The number of esters is 1. The van der Waals surface area contributed by atoms with Gasteiger partial charge in [0.1, 0.15) is 0 Å². The molecule has 0 amide bonds. The standard InChI is InChI=1S/C13H26O4/c1-13(2,12(14)16-4)11-17-10-8-6-5-7-9-15-3/h5-11H2,1-4H3. The molecule has 0 bridgehead atoms. The zero-order valence-corrected chi connectivity index (χ0v) is 11.6. The molecule has 0 heterocycles. The fourth-order valence-corrected chi connectivity index (χ4v) is 1.47. The molecular formula is C13H26O4. The quantitative estimate of drug-likeness (QED) is 0.438. The molecule has 0 rings (SSSR count). The van der Waals surface area contributed by atoms with Crippen LogP contribution in [0.2, 0.25) is 0 Å². The Labute approximate surface area is 105 Å². The van der Waals surface area contributed by atoms with Gasteiger partial charge < -0.3 is 14.2 Å². The molecule has 4 nitrogen and oxygen atoms in total. The molecule has 0 aliphatic carbocycles. The lowest BCUT2D eigenvalue weighted by molar-refractivity contribution is -0.154. The SMILES string of the molecule is COCCCCCCOCC(C)(C)C(=O)OC. The van der Waals surface area contributed by atoms with Gasteiger partial charge >= 0.3 is 5.97 Å². The van der Waals surface area contributed by atoms with Crippen LogP contribution in [0.4, 0.5) is 0 Å². The lowest BCUT2D eigenvalue weighted by Gasteiger charge is -2.21. The number of ether oxygens (including phenoxy) is 3. The Hall–Kier alpha value is -0.610. The fourth-order valence-electron chi connectivity index (χ4n) is 1.47. The molecule has 0 aliphatic heterocycles. The van der Waals surface area contributed by atoms with Gasteiger partial charge in [0.05, 0.1) is 19.1 Å². The van der Waals surface area contributed by atoms with E-state index in [1.54, 1.807) is 7.11 Å². The minimum absolute atomic E-state index is 0.224. The summed E-state index contributed by atoms with van der Waals surface area (Å²) in [5.74, 6) is -0.224. The summed E-state index contributed by atoms with van der Waals surface area (Å²) in [5.41, 5.74) is -0.551. The van der Waals surface area contributed by atoms with Crippen LogP contribution < -0.4 is 0 Å². The van der Waals surface area contributed by atoms with Crippen molar-refractivity contribution in [1.29, 1.82) is 0 Å². The molecule has 0 fully saturated rings. The largest absolute Gasteiger partial charge is 0.469 e. The molecule has 0 aromatic rings. The minimum atomic E-state index is -0.551. The Bertz CT molecular complexity index is 202. The monoisotopic (exact) mass is 246 g/mol. The van der Waals surface area contributed by atoms with E-state index < -0.39 is 5.41 Å². The van der Waals surface area contributed by atoms with Crippen LogP contribution in [0.1, 0.15) is 39.5 Å². The summed E-state index contributed by atoms with van der Waals surface area (Å²) < 4.78 is 15.2. The second-order valence-corrected chi connectivity index (χ2v) is 4.84. The summed E-state index contributed by atoms with van der Waals surface area (Å²) in [4.78, 5) is 11.4. The van der Waals surface area contributed by atoms with Crippen molar-refractivity contribution in [2.24, 2.45) is 5.41 Å². The van der Waals surface area contributed by atoms with Crippen LogP contribution in [0.15, 0.2) is 0 Å². The van der Waals surface area contributed by atoms with Gasteiger partial charge in [-0.15, -0.1) is 0 Å². The zero-order chi connectivity index (χ0) is 13.1. The number of carbonyl (C=O) groups excluding carboxylic acids is 1. The number of hydrogen-bond donors (Lipinski definition) is 0. The molecule has 17 heavy (non-hydrogen) atoms. The van der Waals surface area contributed by atoms with Crippen molar-refractivity contribution in [3.63, 3.8) is 0 Å². The Kier molecular flexibility index (Phi) is 9.09. The maximum absolute atomic E-state index is 11.4. The second kappa shape index (κ2) is 9.42. The first-order valence-electron chi connectivity index (χ1n) is 6.19. The van der Waals surface area contributed by atoms with E-state index in [9.17, 15) is 4.79 Å². The first-order valence-corrected chi connectivity index (χ1v) is 6.19. The highest BCUT2D eigenvalue weighted by atomic mass is 16.5. The van der Waals surface area contributed by atoms with Gasteiger partial charge in [0.15, 0.2) is 0 Å². The normalized spacial score (nSPS) is 11.5. The maximum Gasteiger partial charge on any atom is 0.313 e. The molecule has 0 unspecified atom stereocenters. The summed E-state index contributed by atoms with van der Waals surface area (Å²) in [6.45, 7) is 5.61. The molecular weight excluding hydrogens is 220 g/mol. The highest BCUT2D eigenvalue weighted by molar-refractivity contribution is 5.75. The lowest BCUT2D eigenvalue weighted by Crippen LogP contribution is -2.30. The lowest BCUT2D eigenvalue weighted by atomic mass is 9.95. The average Bonchev–Trinajstić information content (AvgIpc) is 2.31. The molecule has 0 atom stereocenters. The van der Waals surface area contributed by atoms with Gasteiger partial charge in [0, 0.05) is 20.3 Å². The average molecular weight is 246 g/mol. The van der Waals surface area contributed by atoms with E-state index in [0.29, 0.717) is 13.2 Å². The third-order valence-corrected chi connectivity index (χ3v) is 2.59. The predicted octanol–water partition coefficient (Wildman–Crippen LogP) is 2.41. The Balaban J connectivity index is 3.42. The topological polar surface area (TPSA) is 44.8 Å². The van der Waals surface area contributed by atoms with Crippen LogP contribution in [-0.2, 0) is 19.0 Å². The van der Waals surface area contributed by atoms with Gasteiger partial charge in [0.2, 0.25) is 0 Å². The van der Waals surface area contributed by atoms with Crippen LogP contribution in [0.5, 0.6) is 0 Å². The molecule has 0 spiro atoms. The van der Waals surface area contributed by atoms with Crippen molar-refractivity contribution in [3.8, 4) is 0 Å². The fraction of sp³-hybridized carbons (Fsp3) is 0.923. The highest BCUT2D eigenvalue weighted by Crippen LogP contribution is 2.17. The first-order chi connectivity index (χ1) is 8.04. The summed E-state index contributed by atoms with van der Waals surface area (Å²) in [6.07, 6.45) is 4.44. The van der Waals surface area contributed by atoms with Crippen molar-refractivity contribution >= 4 is 5.97 Å². The van der Waals surface area contributed by atoms with Crippen LogP contribution in [0.25, 0.3) is 0 Å². The molecule has 0 radical (unpaired) electrons.